The van der Waals surface area contributed by atoms with Gasteiger partial charge >= 0.3 is 0 Å². The van der Waals surface area contributed by atoms with Crippen molar-refractivity contribution in [2.75, 3.05) is 13.2 Å². The first-order valence-corrected chi connectivity index (χ1v) is 7.27. The average Bonchev–Trinajstić information content (AvgIpc) is 2.82. The van der Waals surface area contributed by atoms with E-state index < -0.39 is 0 Å². The first kappa shape index (κ1) is 14.8. The molecular weight excluding hydrogens is 265 g/mol. The highest BCUT2D eigenvalue weighted by atomic mass is 35.5. The Morgan fingerprint density at radius 1 is 1.53 bits per heavy atom. The van der Waals surface area contributed by atoms with Crippen molar-refractivity contribution in [1.29, 1.82) is 0 Å². The molecule has 0 spiro atoms. The van der Waals surface area contributed by atoms with Gasteiger partial charge in [0.25, 0.3) is 0 Å². The Morgan fingerprint density at radius 3 is 2.95 bits per heavy atom. The van der Waals surface area contributed by atoms with E-state index in [1.165, 1.54) is 12.1 Å². The molecule has 19 heavy (non-hydrogen) atoms. The second-order valence-electron chi connectivity index (χ2n) is 5.32. The van der Waals surface area contributed by atoms with Crippen molar-refractivity contribution in [3.8, 4) is 0 Å². The van der Waals surface area contributed by atoms with E-state index in [1.54, 1.807) is 6.07 Å². The topological polar surface area (TPSA) is 21.3 Å². The molecule has 0 saturated carbocycles. The molecule has 2 nitrogen and oxygen atoms in total. The highest BCUT2D eigenvalue weighted by Gasteiger charge is 2.39. The summed E-state index contributed by atoms with van der Waals surface area (Å²) >= 11 is 6.25. The minimum Gasteiger partial charge on any atom is -0.373 e. The molecule has 1 aliphatic heterocycles. The molecule has 1 fully saturated rings. The first-order chi connectivity index (χ1) is 9.07. The van der Waals surface area contributed by atoms with E-state index >= 15 is 0 Å². The Hall–Kier alpha value is -0.640. The van der Waals surface area contributed by atoms with Crippen molar-refractivity contribution < 1.29 is 9.13 Å². The van der Waals surface area contributed by atoms with Crippen LogP contribution in [-0.4, -0.2) is 18.8 Å². The lowest BCUT2D eigenvalue weighted by Gasteiger charge is -2.35. The van der Waals surface area contributed by atoms with Crippen molar-refractivity contribution >= 4 is 11.6 Å². The maximum atomic E-state index is 13.5. The highest BCUT2D eigenvalue weighted by molar-refractivity contribution is 6.31. The second-order valence-corrected chi connectivity index (χ2v) is 5.72. The second kappa shape index (κ2) is 6.21. The van der Waals surface area contributed by atoms with Gasteiger partial charge in [-0.25, -0.2) is 4.39 Å². The zero-order valence-corrected chi connectivity index (χ0v) is 12.3. The van der Waals surface area contributed by atoms with E-state index in [0.717, 1.165) is 38.0 Å². The Bertz CT molecular complexity index is 432. The normalized spacial score (nSPS) is 24.6. The molecule has 1 heterocycles. The number of hydrogen-bond acceptors (Lipinski definition) is 2. The summed E-state index contributed by atoms with van der Waals surface area (Å²) in [7, 11) is 0. The van der Waals surface area contributed by atoms with Crippen LogP contribution in [0.2, 0.25) is 5.02 Å². The third kappa shape index (κ3) is 3.28. The minimum atomic E-state index is -0.313. The van der Waals surface area contributed by atoms with Gasteiger partial charge in [0.15, 0.2) is 0 Å². The number of ether oxygens (including phenoxy) is 1. The SMILES string of the molecule is CCCNC(c1cc(F)ccc1Cl)C1(C)CCCO1. The fourth-order valence-corrected chi connectivity index (χ4v) is 2.93. The molecule has 106 valence electrons. The monoisotopic (exact) mass is 285 g/mol. The van der Waals surface area contributed by atoms with Crippen LogP contribution in [0.25, 0.3) is 0 Å². The lowest BCUT2D eigenvalue weighted by atomic mass is 9.87. The van der Waals surface area contributed by atoms with Gasteiger partial charge in [0, 0.05) is 11.6 Å². The number of nitrogens with one attached hydrogen (secondary N) is 1. The number of benzene rings is 1. The molecule has 0 aromatic heterocycles. The lowest BCUT2D eigenvalue weighted by Crippen LogP contribution is -2.41. The quantitative estimate of drug-likeness (QED) is 0.880. The smallest absolute Gasteiger partial charge is 0.123 e. The summed E-state index contributed by atoms with van der Waals surface area (Å²) < 4.78 is 19.4. The van der Waals surface area contributed by atoms with E-state index in [1.807, 2.05) is 0 Å². The first-order valence-electron chi connectivity index (χ1n) is 6.89. The summed E-state index contributed by atoms with van der Waals surface area (Å²) in [4.78, 5) is 0. The van der Waals surface area contributed by atoms with E-state index in [9.17, 15) is 4.39 Å². The predicted molar refractivity (Wildman–Crippen MR) is 76.0 cm³/mol. The van der Waals surface area contributed by atoms with Crippen LogP contribution in [-0.2, 0) is 4.74 Å². The molecule has 1 saturated heterocycles. The van der Waals surface area contributed by atoms with Crippen LogP contribution in [0.15, 0.2) is 18.2 Å². The molecule has 4 heteroatoms. The fraction of sp³-hybridized carbons (Fsp3) is 0.600. The zero-order valence-electron chi connectivity index (χ0n) is 11.5. The van der Waals surface area contributed by atoms with Crippen LogP contribution >= 0.6 is 11.6 Å². The van der Waals surface area contributed by atoms with Gasteiger partial charge in [-0.1, -0.05) is 18.5 Å². The van der Waals surface area contributed by atoms with Crippen LogP contribution in [0.3, 0.4) is 0 Å². The fourth-order valence-electron chi connectivity index (χ4n) is 2.71. The summed E-state index contributed by atoms with van der Waals surface area (Å²) in [6.45, 7) is 5.80. The largest absolute Gasteiger partial charge is 0.373 e. The van der Waals surface area contributed by atoms with Crippen molar-refractivity contribution in [3.05, 3.63) is 34.6 Å². The molecule has 1 aliphatic rings. The van der Waals surface area contributed by atoms with Gasteiger partial charge in [0.1, 0.15) is 5.82 Å². The highest BCUT2D eigenvalue weighted by Crippen LogP contribution is 2.39. The van der Waals surface area contributed by atoms with Crippen LogP contribution in [0, 0.1) is 5.82 Å². The predicted octanol–water partition coefficient (Wildman–Crippen LogP) is 4.09. The van der Waals surface area contributed by atoms with Gasteiger partial charge in [0.2, 0.25) is 0 Å². The van der Waals surface area contributed by atoms with Gasteiger partial charge in [-0.05, 0) is 56.5 Å². The minimum absolute atomic E-state index is 0.0712. The number of rotatable bonds is 5. The Balaban J connectivity index is 2.33. The Morgan fingerprint density at radius 2 is 2.32 bits per heavy atom. The van der Waals surface area contributed by atoms with Gasteiger partial charge in [0.05, 0.1) is 11.6 Å². The molecule has 0 aliphatic carbocycles. The van der Waals surface area contributed by atoms with Crippen molar-refractivity contribution in [2.45, 2.75) is 44.8 Å². The molecule has 2 rings (SSSR count). The van der Waals surface area contributed by atoms with E-state index in [2.05, 4.69) is 19.2 Å². The van der Waals surface area contributed by atoms with Gasteiger partial charge in [-0.15, -0.1) is 0 Å². The number of hydrogen-bond donors (Lipinski definition) is 1. The molecule has 2 atom stereocenters. The zero-order chi connectivity index (χ0) is 13.9. The molecule has 1 N–H and O–H groups in total. The number of halogens is 2. The summed E-state index contributed by atoms with van der Waals surface area (Å²) in [6.07, 6.45) is 3.01. The summed E-state index contributed by atoms with van der Waals surface area (Å²) in [6, 6.07) is 4.45. The third-order valence-corrected chi connectivity index (χ3v) is 4.07. The van der Waals surface area contributed by atoms with Crippen LogP contribution in [0.1, 0.15) is 44.7 Å². The Labute approximate surface area is 119 Å². The third-order valence-electron chi connectivity index (χ3n) is 3.73. The van der Waals surface area contributed by atoms with E-state index in [-0.39, 0.29) is 17.5 Å². The van der Waals surface area contributed by atoms with Crippen LogP contribution < -0.4 is 5.32 Å². The standard InChI is InChI=1S/C15H21ClFNO/c1-3-8-18-14(15(2)7-4-9-19-15)12-10-11(17)5-6-13(12)16/h5-6,10,14,18H,3-4,7-9H2,1-2H3. The lowest BCUT2D eigenvalue weighted by molar-refractivity contribution is -0.0125. The molecule has 1 aromatic rings. The Kier molecular flexibility index (Phi) is 4.82. The maximum absolute atomic E-state index is 13.5. The van der Waals surface area contributed by atoms with Gasteiger partial charge in [-0.3, -0.25) is 0 Å². The molecule has 1 aromatic carbocycles. The van der Waals surface area contributed by atoms with Gasteiger partial charge < -0.3 is 10.1 Å². The van der Waals surface area contributed by atoms with Gasteiger partial charge in [-0.2, -0.15) is 0 Å². The maximum Gasteiger partial charge on any atom is 0.123 e. The molecular formula is C15H21ClFNO. The summed E-state index contributed by atoms with van der Waals surface area (Å²) in [5.41, 5.74) is 0.478. The molecule has 0 amide bonds. The van der Waals surface area contributed by atoms with Crippen molar-refractivity contribution in [2.24, 2.45) is 0 Å². The van der Waals surface area contributed by atoms with Crippen molar-refractivity contribution in [1.82, 2.24) is 5.32 Å². The molecule has 2 unspecified atom stereocenters. The average molecular weight is 286 g/mol. The van der Waals surface area contributed by atoms with E-state index in [4.69, 9.17) is 16.3 Å². The summed E-state index contributed by atoms with van der Waals surface area (Å²) in [5, 5.41) is 4.05. The van der Waals surface area contributed by atoms with Crippen LogP contribution in [0.5, 0.6) is 0 Å². The molecule has 0 radical (unpaired) electrons. The summed E-state index contributed by atoms with van der Waals surface area (Å²) in [5.74, 6) is -0.260. The molecule has 0 bridgehead atoms. The van der Waals surface area contributed by atoms with Crippen LogP contribution in [0.4, 0.5) is 4.39 Å². The van der Waals surface area contributed by atoms with E-state index in [0.29, 0.717) is 5.02 Å². The van der Waals surface area contributed by atoms with Crippen molar-refractivity contribution in [3.63, 3.8) is 0 Å².